The average molecular weight is 491 g/mol. The lowest BCUT2D eigenvalue weighted by Gasteiger charge is -2.26. The zero-order valence-electron chi connectivity index (χ0n) is 20.6. The van der Waals surface area contributed by atoms with Gasteiger partial charge in [0.05, 0.1) is 0 Å². The minimum absolute atomic E-state index is 0.0796. The number of phenols is 4. The highest BCUT2D eigenvalue weighted by Crippen LogP contribution is 2.47. The molecular formula is C33H30O4. The summed E-state index contributed by atoms with van der Waals surface area (Å²) in [5, 5.41) is 46.4. The Kier molecular flexibility index (Phi) is 5.88. The van der Waals surface area contributed by atoms with Crippen LogP contribution in [0.15, 0.2) is 84.9 Å². The van der Waals surface area contributed by atoms with Crippen LogP contribution < -0.4 is 0 Å². The summed E-state index contributed by atoms with van der Waals surface area (Å²) in [7, 11) is 0. The number of hydrogen-bond donors (Lipinski definition) is 4. The Labute approximate surface area is 216 Å². The van der Waals surface area contributed by atoms with Crippen molar-refractivity contribution in [3.63, 3.8) is 0 Å². The maximum absolute atomic E-state index is 11.3. The van der Waals surface area contributed by atoms with Crippen LogP contribution in [0.1, 0.15) is 66.2 Å². The van der Waals surface area contributed by atoms with E-state index in [0.29, 0.717) is 27.8 Å². The number of aromatic hydroxyl groups is 4. The van der Waals surface area contributed by atoms with Crippen molar-refractivity contribution < 1.29 is 20.4 Å². The lowest BCUT2D eigenvalue weighted by Crippen LogP contribution is -2.08. The SMILES string of the molecule is Oc1ccc2ccc(O)c(C(c3ccc(C4CCCCC4)cc3)c3c(O)ccc4ccc(O)cc34)c2c1. The van der Waals surface area contributed by atoms with E-state index >= 15 is 0 Å². The molecule has 0 atom stereocenters. The summed E-state index contributed by atoms with van der Waals surface area (Å²) < 4.78 is 0. The second-order valence-corrected chi connectivity index (χ2v) is 10.2. The van der Waals surface area contributed by atoms with Crippen LogP contribution in [-0.4, -0.2) is 20.4 Å². The molecule has 5 aromatic carbocycles. The van der Waals surface area contributed by atoms with Crippen LogP contribution in [0.2, 0.25) is 0 Å². The van der Waals surface area contributed by atoms with Gasteiger partial charge >= 0.3 is 0 Å². The molecule has 0 bridgehead atoms. The van der Waals surface area contributed by atoms with Gasteiger partial charge < -0.3 is 20.4 Å². The topological polar surface area (TPSA) is 80.9 Å². The van der Waals surface area contributed by atoms with Gasteiger partial charge in [-0.3, -0.25) is 0 Å². The van der Waals surface area contributed by atoms with Gasteiger partial charge in [-0.15, -0.1) is 0 Å². The second kappa shape index (κ2) is 9.36. The number of benzene rings is 5. The van der Waals surface area contributed by atoms with Gasteiger partial charge in [-0.25, -0.2) is 0 Å². The largest absolute Gasteiger partial charge is 0.508 e. The fraction of sp³-hybridized carbons (Fsp3) is 0.212. The molecule has 0 aromatic heterocycles. The molecule has 0 saturated heterocycles. The van der Waals surface area contributed by atoms with E-state index in [0.717, 1.165) is 16.3 Å². The summed E-state index contributed by atoms with van der Waals surface area (Å²) in [6, 6.07) is 25.8. The number of phenolic OH excluding ortho intramolecular Hbond substituents is 4. The molecule has 0 radical (unpaired) electrons. The van der Waals surface area contributed by atoms with Gasteiger partial charge in [0, 0.05) is 17.0 Å². The van der Waals surface area contributed by atoms with Crippen molar-refractivity contribution in [1.29, 1.82) is 0 Å². The highest BCUT2D eigenvalue weighted by Gasteiger charge is 2.28. The standard InChI is InChI=1S/C33H30O4/c34-25-14-10-22-12-16-29(36)32(27(22)18-25)31(24-8-6-21(7-9-24)20-4-2-1-3-5-20)33-28-19-26(35)15-11-23(28)13-17-30(33)37/h6-20,31,34-37H,1-5H2. The molecule has 6 rings (SSSR count). The van der Waals surface area contributed by atoms with Gasteiger partial charge in [0.2, 0.25) is 0 Å². The zero-order valence-corrected chi connectivity index (χ0v) is 20.6. The quantitative estimate of drug-likeness (QED) is 0.192. The van der Waals surface area contributed by atoms with Crippen LogP contribution in [0.5, 0.6) is 23.0 Å². The molecule has 0 aliphatic heterocycles. The minimum atomic E-state index is -0.545. The highest BCUT2D eigenvalue weighted by atomic mass is 16.3. The fourth-order valence-corrected chi connectivity index (χ4v) is 6.12. The summed E-state index contributed by atoms with van der Waals surface area (Å²) in [4.78, 5) is 0. The van der Waals surface area contributed by atoms with Crippen LogP contribution in [0.25, 0.3) is 21.5 Å². The van der Waals surface area contributed by atoms with Crippen LogP contribution in [0, 0.1) is 0 Å². The maximum atomic E-state index is 11.3. The Bertz CT molecular complexity index is 1500. The molecule has 1 fully saturated rings. The molecule has 4 nitrogen and oxygen atoms in total. The first kappa shape index (κ1) is 23.2. The van der Waals surface area contributed by atoms with Crippen molar-refractivity contribution >= 4 is 21.5 Å². The first-order valence-electron chi connectivity index (χ1n) is 13.0. The minimum Gasteiger partial charge on any atom is -0.508 e. The second-order valence-electron chi connectivity index (χ2n) is 10.2. The number of rotatable bonds is 4. The number of hydrogen-bond acceptors (Lipinski definition) is 4. The lowest BCUT2D eigenvalue weighted by molar-refractivity contribution is 0.443. The summed E-state index contributed by atoms with van der Waals surface area (Å²) >= 11 is 0. The van der Waals surface area contributed by atoms with Crippen LogP contribution in [0.3, 0.4) is 0 Å². The molecule has 186 valence electrons. The summed E-state index contributed by atoms with van der Waals surface area (Å²) in [5.74, 6) is 0.381. The predicted molar refractivity (Wildman–Crippen MR) is 148 cm³/mol. The van der Waals surface area contributed by atoms with E-state index in [1.807, 2.05) is 24.3 Å². The Morgan fingerprint density at radius 3 is 1.54 bits per heavy atom. The van der Waals surface area contributed by atoms with Crippen LogP contribution in [0.4, 0.5) is 0 Å². The van der Waals surface area contributed by atoms with Crippen molar-refractivity contribution in [3.05, 3.63) is 107 Å². The molecule has 0 heterocycles. The smallest absolute Gasteiger partial charge is 0.120 e. The van der Waals surface area contributed by atoms with Crippen molar-refractivity contribution in [2.24, 2.45) is 0 Å². The van der Waals surface area contributed by atoms with E-state index < -0.39 is 5.92 Å². The molecule has 1 saturated carbocycles. The molecule has 5 aromatic rings. The Hall–Kier alpha value is -4.18. The Morgan fingerprint density at radius 2 is 1.03 bits per heavy atom. The average Bonchev–Trinajstić information content (AvgIpc) is 2.92. The fourth-order valence-electron chi connectivity index (χ4n) is 6.12. The van der Waals surface area contributed by atoms with E-state index in [-0.39, 0.29) is 23.0 Å². The van der Waals surface area contributed by atoms with Crippen molar-refractivity contribution in [2.45, 2.75) is 43.9 Å². The summed E-state index contributed by atoms with van der Waals surface area (Å²) in [6.07, 6.45) is 6.23. The molecule has 4 N–H and O–H groups in total. The van der Waals surface area contributed by atoms with Crippen LogP contribution in [-0.2, 0) is 0 Å². The third kappa shape index (κ3) is 4.23. The van der Waals surface area contributed by atoms with E-state index in [1.165, 1.54) is 37.7 Å². The van der Waals surface area contributed by atoms with Gasteiger partial charge in [0.1, 0.15) is 23.0 Å². The maximum Gasteiger partial charge on any atom is 0.120 e. The van der Waals surface area contributed by atoms with Gasteiger partial charge in [-0.2, -0.15) is 0 Å². The third-order valence-electron chi connectivity index (χ3n) is 7.97. The molecule has 1 aliphatic rings. The van der Waals surface area contributed by atoms with Gasteiger partial charge in [-0.05, 0) is 87.8 Å². The van der Waals surface area contributed by atoms with E-state index in [2.05, 4.69) is 24.3 Å². The van der Waals surface area contributed by atoms with Crippen molar-refractivity contribution in [1.82, 2.24) is 0 Å². The molecule has 4 heteroatoms. The Morgan fingerprint density at radius 1 is 0.541 bits per heavy atom. The molecule has 0 unspecified atom stereocenters. The highest BCUT2D eigenvalue weighted by molar-refractivity contribution is 5.94. The monoisotopic (exact) mass is 490 g/mol. The van der Waals surface area contributed by atoms with Gasteiger partial charge in [-0.1, -0.05) is 67.8 Å². The van der Waals surface area contributed by atoms with Gasteiger partial charge in [0.25, 0.3) is 0 Å². The predicted octanol–water partition coefficient (Wildman–Crippen LogP) is 8.04. The van der Waals surface area contributed by atoms with E-state index in [1.54, 1.807) is 36.4 Å². The van der Waals surface area contributed by atoms with E-state index in [4.69, 9.17) is 0 Å². The molecule has 0 spiro atoms. The molecule has 1 aliphatic carbocycles. The summed E-state index contributed by atoms with van der Waals surface area (Å²) in [6.45, 7) is 0. The molecule has 37 heavy (non-hydrogen) atoms. The van der Waals surface area contributed by atoms with E-state index in [9.17, 15) is 20.4 Å². The lowest BCUT2D eigenvalue weighted by atomic mass is 9.78. The zero-order chi connectivity index (χ0) is 25.5. The first-order chi connectivity index (χ1) is 18.0. The third-order valence-corrected chi connectivity index (χ3v) is 7.97. The normalized spacial score (nSPS) is 14.5. The van der Waals surface area contributed by atoms with Crippen molar-refractivity contribution in [3.8, 4) is 23.0 Å². The first-order valence-corrected chi connectivity index (χ1v) is 13.0. The van der Waals surface area contributed by atoms with Crippen molar-refractivity contribution in [2.75, 3.05) is 0 Å². The van der Waals surface area contributed by atoms with Gasteiger partial charge in [0.15, 0.2) is 0 Å². The Balaban J connectivity index is 1.63. The summed E-state index contributed by atoms with van der Waals surface area (Å²) in [5.41, 5.74) is 3.44. The van der Waals surface area contributed by atoms with Crippen LogP contribution >= 0.6 is 0 Å². The molecule has 0 amide bonds. The number of fused-ring (bicyclic) bond motifs is 2. The molecular weight excluding hydrogens is 460 g/mol.